The molecule has 0 spiro atoms. The van der Waals surface area contributed by atoms with Gasteiger partial charge in [0.2, 0.25) is 5.91 Å². The normalized spacial score (nSPS) is 23.8. The van der Waals surface area contributed by atoms with Gasteiger partial charge in [0.25, 0.3) is 0 Å². The van der Waals surface area contributed by atoms with Crippen molar-refractivity contribution in [1.29, 1.82) is 0 Å². The fourth-order valence-electron chi connectivity index (χ4n) is 1.01. The van der Waals surface area contributed by atoms with Gasteiger partial charge in [-0.1, -0.05) is 0 Å². The topological polar surface area (TPSA) is 55.1 Å². The van der Waals surface area contributed by atoms with Crippen molar-refractivity contribution < 1.29 is 4.79 Å². The number of hydrogen-bond donors (Lipinski definition) is 2. The molecule has 70 valence electrons. The molecule has 3 N–H and O–H groups in total. The Morgan fingerprint density at radius 2 is 2.42 bits per heavy atom. The van der Waals surface area contributed by atoms with Crippen LogP contribution in [0.15, 0.2) is 0 Å². The highest BCUT2D eigenvalue weighted by atomic mass is 32.2. The SMILES string of the molecule is NC(=O)CNCC1CSCCS1. The van der Waals surface area contributed by atoms with Crippen LogP contribution in [0.4, 0.5) is 0 Å². The third-order valence-corrected chi connectivity index (χ3v) is 4.40. The summed E-state index contributed by atoms with van der Waals surface area (Å²) >= 11 is 3.96. The zero-order valence-corrected chi connectivity index (χ0v) is 8.55. The molecule has 12 heavy (non-hydrogen) atoms. The minimum absolute atomic E-state index is 0.275. The van der Waals surface area contributed by atoms with Crippen molar-refractivity contribution in [3.05, 3.63) is 0 Å². The van der Waals surface area contributed by atoms with Gasteiger partial charge in [0.05, 0.1) is 6.54 Å². The molecule has 1 rings (SSSR count). The predicted octanol–water partition coefficient (Wildman–Crippen LogP) is -0.0901. The molecule has 0 radical (unpaired) electrons. The minimum atomic E-state index is -0.275. The molecule has 1 saturated heterocycles. The van der Waals surface area contributed by atoms with Gasteiger partial charge in [-0.25, -0.2) is 0 Å². The van der Waals surface area contributed by atoms with Gasteiger partial charge >= 0.3 is 0 Å². The molecule has 0 aromatic carbocycles. The second-order valence-corrected chi connectivity index (χ2v) is 5.22. The van der Waals surface area contributed by atoms with Crippen LogP contribution in [0, 0.1) is 0 Å². The standard InChI is InChI=1S/C7H14N2OS2/c8-7(10)4-9-3-6-5-11-1-2-12-6/h6,9H,1-5H2,(H2,8,10). The van der Waals surface area contributed by atoms with Gasteiger partial charge in [-0.15, -0.1) is 0 Å². The first-order valence-electron chi connectivity index (χ1n) is 3.97. The van der Waals surface area contributed by atoms with E-state index in [0.29, 0.717) is 11.8 Å². The predicted molar refractivity (Wildman–Crippen MR) is 55.6 cm³/mol. The van der Waals surface area contributed by atoms with E-state index in [2.05, 4.69) is 5.32 Å². The van der Waals surface area contributed by atoms with E-state index in [0.717, 1.165) is 6.54 Å². The summed E-state index contributed by atoms with van der Waals surface area (Å²) in [4.78, 5) is 10.4. The average molecular weight is 206 g/mol. The Kier molecular flexibility index (Phi) is 4.87. The fraction of sp³-hybridized carbons (Fsp3) is 0.857. The summed E-state index contributed by atoms with van der Waals surface area (Å²) in [6.07, 6.45) is 0. The van der Waals surface area contributed by atoms with Crippen LogP contribution < -0.4 is 11.1 Å². The van der Waals surface area contributed by atoms with Crippen molar-refractivity contribution in [3.8, 4) is 0 Å². The van der Waals surface area contributed by atoms with Crippen molar-refractivity contribution in [2.75, 3.05) is 30.3 Å². The fourth-order valence-corrected chi connectivity index (χ4v) is 3.66. The molecule has 0 aromatic heterocycles. The number of thioether (sulfide) groups is 2. The smallest absolute Gasteiger partial charge is 0.231 e. The van der Waals surface area contributed by atoms with Gasteiger partial charge in [-0.05, 0) is 0 Å². The Hall–Kier alpha value is 0.130. The maximum atomic E-state index is 10.4. The summed E-state index contributed by atoms with van der Waals surface area (Å²) in [6, 6.07) is 0. The molecule has 1 heterocycles. The molecule has 1 fully saturated rings. The number of nitrogens with two attached hydrogens (primary N) is 1. The first-order chi connectivity index (χ1) is 5.79. The van der Waals surface area contributed by atoms with Crippen molar-refractivity contribution in [2.24, 2.45) is 5.73 Å². The number of primary amides is 1. The summed E-state index contributed by atoms with van der Waals surface area (Å²) in [6.45, 7) is 1.21. The quantitative estimate of drug-likeness (QED) is 0.675. The summed E-state index contributed by atoms with van der Waals surface area (Å²) in [5, 5.41) is 3.70. The van der Waals surface area contributed by atoms with Gasteiger partial charge < -0.3 is 11.1 Å². The zero-order chi connectivity index (χ0) is 8.81. The second-order valence-electron chi connectivity index (χ2n) is 2.66. The van der Waals surface area contributed by atoms with Crippen LogP contribution in [0.25, 0.3) is 0 Å². The summed E-state index contributed by atoms with van der Waals surface area (Å²) < 4.78 is 0. The molecule has 0 saturated carbocycles. The van der Waals surface area contributed by atoms with Crippen LogP contribution in [0.1, 0.15) is 0 Å². The maximum absolute atomic E-state index is 10.4. The summed E-state index contributed by atoms with van der Waals surface area (Å²) in [5.74, 6) is 3.41. The number of rotatable bonds is 4. The molecule has 0 aromatic rings. The van der Waals surface area contributed by atoms with Crippen molar-refractivity contribution in [2.45, 2.75) is 5.25 Å². The van der Waals surface area contributed by atoms with Crippen LogP contribution in [0.5, 0.6) is 0 Å². The Morgan fingerprint density at radius 1 is 1.58 bits per heavy atom. The molecule has 1 aliphatic heterocycles. The van der Waals surface area contributed by atoms with E-state index in [4.69, 9.17) is 5.73 Å². The van der Waals surface area contributed by atoms with Crippen LogP contribution >= 0.6 is 23.5 Å². The lowest BCUT2D eigenvalue weighted by atomic mass is 10.4. The molecule has 1 amide bonds. The summed E-state index contributed by atoms with van der Waals surface area (Å²) in [7, 11) is 0. The van der Waals surface area contributed by atoms with Crippen LogP contribution in [0.2, 0.25) is 0 Å². The first-order valence-corrected chi connectivity index (χ1v) is 6.18. The van der Waals surface area contributed by atoms with Gasteiger partial charge in [0, 0.05) is 29.1 Å². The molecule has 0 bridgehead atoms. The van der Waals surface area contributed by atoms with E-state index >= 15 is 0 Å². The summed E-state index contributed by atoms with van der Waals surface area (Å²) in [5.41, 5.74) is 4.99. The van der Waals surface area contributed by atoms with Gasteiger partial charge in [0.1, 0.15) is 0 Å². The first kappa shape index (κ1) is 10.2. The van der Waals surface area contributed by atoms with E-state index in [-0.39, 0.29) is 5.91 Å². The molecule has 1 aliphatic rings. The highest BCUT2D eigenvalue weighted by Crippen LogP contribution is 2.22. The van der Waals surface area contributed by atoms with Gasteiger partial charge in [0.15, 0.2) is 0 Å². The van der Waals surface area contributed by atoms with Crippen molar-refractivity contribution in [3.63, 3.8) is 0 Å². The third-order valence-electron chi connectivity index (χ3n) is 1.56. The number of hydrogen-bond acceptors (Lipinski definition) is 4. The highest BCUT2D eigenvalue weighted by molar-refractivity contribution is 8.06. The lowest BCUT2D eigenvalue weighted by Gasteiger charge is -2.20. The second kappa shape index (κ2) is 5.72. The lowest BCUT2D eigenvalue weighted by Crippen LogP contribution is -2.35. The van der Waals surface area contributed by atoms with Crippen molar-refractivity contribution >= 4 is 29.4 Å². The van der Waals surface area contributed by atoms with Crippen LogP contribution in [-0.2, 0) is 4.79 Å². The minimum Gasteiger partial charge on any atom is -0.369 e. The van der Waals surface area contributed by atoms with E-state index in [9.17, 15) is 4.79 Å². The molecular formula is C7H14N2OS2. The monoisotopic (exact) mass is 206 g/mol. The molecule has 5 heteroatoms. The lowest BCUT2D eigenvalue weighted by molar-refractivity contribution is -0.117. The Morgan fingerprint density at radius 3 is 3.00 bits per heavy atom. The van der Waals surface area contributed by atoms with E-state index in [1.807, 2.05) is 23.5 Å². The van der Waals surface area contributed by atoms with Crippen LogP contribution in [-0.4, -0.2) is 41.5 Å². The zero-order valence-electron chi connectivity index (χ0n) is 6.91. The highest BCUT2D eigenvalue weighted by Gasteiger charge is 2.13. The Bertz CT molecular complexity index is 148. The largest absolute Gasteiger partial charge is 0.369 e. The van der Waals surface area contributed by atoms with E-state index in [1.54, 1.807) is 0 Å². The van der Waals surface area contributed by atoms with E-state index in [1.165, 1.54) is 17.3 Å². The van der Waals surface area contributed by atoms with Crippen molar-refractivity contribution in [1.82, 2.24) is 5.32 Å². The van der Waals surface area contributed by atoms with E-state index < -0.39 is 0 Å². The number of carbonyl (C=O) groups is 1. The molecular weight excluding hydrogens is 192 g/mol. The molecule has 1 unspecified atom stereocenters. The number of carbonyl (C=O) groups excluding carboxylic acids is 1. The Balaban J connectivity index is 2.01. The van der Waals surface area contributed by atoms with Gasteiger partial charge in [-0.3, -0.25) is 4.79 Å². The third kappa shape index (κ3) is 4.23. The number of nitrogens with one attached hydrogen (secondary N) is 1. The molecule has 1 atom stereocenters. The van der Waals surface area contributed by atoms with Crippen LogP contribution in [0.3, 0.4) is 0 Å². The molecule has 0 aliphatic carbocycles. The number of amides is 1. The average Bonchev–Trinajstić information content (AvgIpc) is 2.05. The Labute approximate surface area is 81.2 Å². The molecule has 3 nitrogen and oxygen atoms in total. The maximum Gasteiger partial charge on any atom is 0.231 e. The van der Waals surface area contributed by atoms with Gasteiger partial charge in [-0.2, -0.15) is 23.5 Å².